The summed E-state index contributed by atoms with van der Waals surface area (Å²) in [6.45, 7) is 5.67. The molecule has 2 atom stereocenters. The summed E-state index contributed by atoms with van der Waals surface area (Å²) in [5, 5.41) is 10.8. The number of carbonyl (C=O) groups is 1. The van der Waals surface area contributed by atoms with Crippen molar-refractivity contribution in [1.29, 1.82) is 5.26 Å². The first kappa shape index (κ1) is 20.0. The molecule has 6 heteroatoms. The lowest BCUT2D eigenvalue weighted by Gasteiger charge is -2.29. The van der Waals surface area contributed by atoms with Gasteiger partial charge in [-0.15, -0.1) is 11.3 Å². The van der Waals surface area contributed by atoms with Crippen LogP contribution >= 0.6 is 11.3 Å². The molecular weight excluding hydrogens is 394 g/mol. The molecule has 5 nitrogen and oxygen atoms in total. The van der Waals surface area contributed by atoms with Crippen molar-refractivity contribution in [3.05, 3.63) is 65.4 Å². The Bertz CT molecular complexity index is 1220. The lowest BCUT2D eigenvalue weighted by atomic mass is 9.76. The molecule has 0 amide bonds. The molecule has 3 aromatic rings. The van der Waals surface area contributed by atoms with E-state index in [2.05, 4.69) is 11.1 Å². The fourth-order valence-electron chi connectivity index (χ4n) is 3.94. The van der Waals surface area contributed by atoms with Gasteiger partial charge in [0.2, 0.25) is 0 Å². The molecule has 150 valence electrons. The molecule has 0 fully saturated rings. The third-order valence-corrected chi connectivity index (χ3v) is 6.34. The molecule has 1 aromatic heterocycles. The monoisotopic (exact) mass is 415 g/mol. The number of hydrogen-bond donors (Lipinski definition) is 0. The number of benzene rings is 2. The molecule has 1 aliphatic rings. The van der Waals surface area contributed by atoms with Crippen LogP contribution in [0.1, 0.15) is 32.3 Å². The average molecular weight is 416 g/mol. The number of ether oxygens (including phenoxy) is 1. The molecule has 0 spiro atoms. The molecule has 2 unspecified atom stereocenters. The maximum Gasteiger partial charge on any atom is 0.336 e. The second-order valence-electron chi connectivity index (χ2n) is 7.14. The minimum absolute atomic E-state index is 0.265. The summed E-state index contributed by atoms with van der Waals surface area (Å²) < 4.78 is 6.34. The van der Waals surface area contributed by atoms with E-state index in [0.717, 1.165) is 26.4 Å². The van der Waals surface area contributed by atoms with Gasteiger partial charge in [-0.3, -0.25) is 4.99 Å². The van der Waals surface area contributed by atoms with Crippen molar-refractivity contribution in [3.8, 4) is 16.6 Å². The summed E-state index contributed by atoms with van der Waals surface area (Å²) in [7, 11) is 0. The summed E-state index contributed by atoms with van der Waals surface area (Å²) in [6.07, 6.45) is 0. The van der Waals surface area contributed by atoms with Gasteiger partial charge in [-0.05, 0) is 32.4 Å². The van der Waals surface area contributed by atoms with Crippen molar-refractivity contribution >= 4 is 33.2 Å². The SMILES string of the molecule is CCOC(=O)C1=C(C)N=C(C)C(C#N)C1c1cccc2sc(-c3ccccc3)nc12. The smallest absolute Gasteiger partial charge is 0.336 e. The molecule has 0 bridgehead atoms. The first-order valence-corrected chi connectivity index (χ1v) is 10.6. The van der Waals surface area contributed by atoms with E-state index in [-0.39, 0.29) is 6.61 Å². The van der Waals surface area contributed by atoms with Crippen LogP contribution in [0, 0.1) is 17.2 Å². The van der Waals surface area contributed by atoms with Crippen LogP contribution in [0.25, 0.3) is 20.8 Å². The van der Waals surface area contributed by atoms with E-state index in [1.54, 1.807) is 25.2 Å². The Morgan fingerprint density at radius 2 is 1.93 bits per heavy atom. The maximum absolute atomic E-state index is 12.8. The van der Waals surface area contributed by atoms with Crippen LogP contribution in [-0.4, -0.2) is 23.3 Å². The van der Waals surface area contributed by atoms with E-state index < -0.39 is 17.8 Å². The van der Waals surface area contributed by atoms with Gasteiger partial charge in [0.05, 0.1) is 34.4 Å². The molecule has 0 aliphatic carbocycles. The largest absolute Gasteiger partial charge is 0.463 e. The normalized spacial score (nSPS) is 18.8. The van der Waals surface area contributed by atoms with Gasteiger partial charge in [-0.2, -0.15) is 5.26 Å². The summed E-state index contributed by atoms with van der Waals surface area (Å²) in [6, 6.07) is 18.3. The number of hydrogen-bond acceptors (Lipinski definition) is 6. The van der Waals surface area contributed by atoms with Gasteiger partial charge in [0, 0.05) is 22.9 Å². The number of nitriles is 1. The van der Waals surface area contributed by atoms with Crippen molar-refractivity contribution in [1.82, 2.24) is 4.98 Å². The van der Waals surface area contributed by atoms with Crippen LogP contribution in [0.4, 0.5) is 0 Å². The fraction of sp³-hybridized carbons (Fsp3) is 0.250. The van der Waals surface area contributed by atoms with Gasteiger partial charge in [0.15, 0.2) is 0 Å². The zero-order chi connectivity index (χ0) is 21.3. The highest BCUT2D eigenvalue weighted by Crippen LogP contribution is 2.43. The Morgan fingerprint density at radius 1 is 1.17 bits per heavy atom. The zero-order valence-electron chi connectivity index (χ0n) is 17.0. The van der Waals surface area contributed by atoms with Crippen molar-refractivity contribution in [2.24, 2.45) is 10.9 Å². The van der Waals surface area contributed by atoms with E-state index in [9.17, 15) is 10.1 Å². The lowest BCUT2D eigenvalue weighted by molar-refractivity contribution is -0.139. The van der Waals surface area contributed by atoms with Crippen LogP contribution in [0.5, 0.6) is 0 Å². The Labute approximate surface area is 179 Å². The molecule has 2 heterocycles. The van der Waals surface area contributed by atoms with Crippen LogP contribution < -0.4 is 0 Å². The van der Waals surface area contributed by atoms with Gasteiger partial charge in [0.25, 0.3) is 0 Å². The van der Waals surface area contributed by atoms with Gasteiger partial charge in [-0.1, -0.05) is 42.5 Å². The Kier molecular flexibility index (Phi) is 5.47. The summed E-state index contributed by atoms with van der Waals surface area (Å²) >= 11 is 1.60. The van der Waals surface area contributed by atoms with E-state index >= 15 is 0 Å². The number of para-hydroxylation sites is 1. The second kappa shape index (κ2) is 8.21. The number of allylic oxidation sites excluding steroid dienone is 1. The number of aromatic nitrogens is 1. The zero-order valence-corrected chi connectivity index (χ0v) is 17.9. The number of nitrogens with zero attached hydrogens (tertiary/aromatic N) is 3. The van der Waals surface area contributed by atoms with E-state index in [1.807, 2.05) is 55.5 Å². The number of thiazole rings is 1. The molecule has 1 aliphatic heterocycles. The van der Waals surface area contributed by atoms with E-state index in [4.69, 9.17) is 9.72 Å². The van der Waals surface area contributed by atoms with Crippen LogP contribution in [0.3, 0.4) is 0 Å². The summed E-state index contributed by atoms with van der Waals surface area (Å²) in [5.74, 6) is -1.45. The predicted octanol–water partition coefficient (Wildman–Crippen LogP) is 5.50. The Balaban J connectivity index is 1.92. The van der Waals surface area contributed by atoms with Crippen LogP contribution in [0.2, 0.25) is 0 Å². The van der Waals surface area contributed by atoms with E-state index in [0.29, 0.717) is 17.0 Å². The molecular formula is C24H21N3O2S. The van der Waals surface area contributed by atoms with Crippen molar-refractivity contribution in [2.75, 3.05) is 6.61 Å². The van der Waals surface area contributed by atoms with Crippen LogP contribution in [0.15, 0.2) is 64.8 Å². The molecule has 0 saturated heterocycles. The highest BCUT2D eigenvalue weighted by molar-refractivity contribution is 7.21. The fourth-order valence-corrected chi connectivity index (χ4v) is 4.94. The van der Waals surface area contributed by atoms with Crippen molar-refractivity contribution in [2.45, 2.75) is 26.7 Å². The van der Waals surface area contributed by atoms with Gasteiger partial charge in [0.1, 0.15) is 5.01 Å². The summed E-state index contributed by atoms with van der Waals surface area (Å²) in [5.41, 5.74) is 4.45. The van der Waals surface area contributed by atoms with E-state index in [1.165, 1.54) is 0 Å². The average Bonchev–Trinajstić information content (AvgIpc) is 3.18. The molecule has 0 N–H and O–H groups in total. The van der Waals surface area contributed by atoms with Gasteiger partial charge in [-0.25, -0.2) is 9.78 Å². The maximum atomic E-state index is 12.8. The quantitative estimate of drug-likeness (QED) is 0.527. The third kappa shape index (κ3) is 3.42. The predicted molar refractivity (Wildman–Crippen MR) is 119 cm³/mol. The molecule has 2 aromatic carbocycles. The molecule has 30 heavy (non-hydrogen) atoms. The number of esters is 1. The molecule has 0 saturated carbocycles. The highest BCUT2D eigenvalue weighted by atomic mass is 32.1. The number of fused-ring (bicyclic) bond motifs is 1. The number of aliphatic imine (C=N–C) groups is 1. The molecule has 0 radical (unpaired) electrons. The van der Waals surface area contributed by atoms with Crippen molar-refractivity contribution in [3.63, 3.8) is 0 Å². The van der Waals surface area contributed by atoms with Crippen LogP contribution in [-0.2, 0) is 9.53 Å². The minimum atomic E-state index is -0.555. The second-order valence-corrected chi connectivity index (χ2v) is 8.17. The molecule has 4 rings (SSSR count). The lowest BCUT2D eigenvalue weighted by Crippen LogP contribution is -2.29. The standard InChI is InChI=1S/C24H21N3O2S/c1-4-29-24(28)20-15(3)26-14(2)18(13-25)21(20)17-11-8-12-19-22(17)27-23(30-19)16-9-6-5-7-10-16/h5-12,18,21H,4H2,1-3H3. The first-order valence-electron chi connectivity index (χ1n) is 9.82. The first-order chi connectivity index (χ1) is 14.5. The Hall–Kier alpha value is -3.30. The topological polar surface area (TPSA) is 75.3 Å². The van der Waals surface area contributed by atoms with Gasteiger partial charge >= 0.3 is 5.97 Å². The number of carbonyl (C=O) groups excluding carboxylic acids is 1. The minimum Gasteiger partial charge on any atom is -0.463 e. The van der Waals surface area contributed by atoms with Crippen molar-refractivity contribution < 1.29 is 9.53 Å². The third-order valence-electron chi connectivity index (χ3n) is 5.27. The Morgan fingerprint density at radius 3 is 2.63 bits per heavy atom. The summed E-state index contributed by atoms with van der Waals surface area (Å²) in [4.78, 5) is 22.2. The van der Waals surface area contributed by atoms with Gasteiger partial charge < -0.3 is 4.74 Å². The number of rotatable bonds is 4. The highest BCUT2D eigenvalue weighted by Gasteiger charge is 2.39.